The second-order valence-corrected chi connectivity index (χ2v) is 10.7. The Labute approximate surface area is 229 Å². The molecule has 1 aromatic heterocycles. The summed E-state index contributed by atoms with van der Waals surface area (Å²) in [6.45, 7) is 9.21. The number of hydrogen-bond donors (Lipinski definition) is 3. The van der Waals surface area contributed by atoms with Crippen molar-refractivity contribution in [3.8, 4) is 5.69 Å². The van der Waals surface area contributed by atoms with E-state index in [1.54, 1.807) is 35.9 Å². The van der Waals surface area contributed by atoms with Gasteiger partial charge in [0.25, 0.3) is 0 Å². The Bertz CT molecular complexity index is 1170. The normalized spacial score (nSPS) is 19.1. The third-order valence-corrected chi connectivity index (χ3v) is 7.02. The molecule has 0 aliphatic carbocycles. The molecule has 4 rings (SSSR count). The molecule has 208 valence electrons. The number of nitrogens with one attached hydrogen (secondary N) is 1. The van der Waals surface area contributed by atoms with E-state index < -0.39 is 11.2 Å². The molecular formula is C26H39ClN8O3. The van der Waals surface area contributed by atoms with Gasteiger partial charge in [-0.3, -0.25) is 19.6 Å². The van der Waals surface area contributed by atoms with Gasteiger partial charge in [0.15, 0.2) is 0 Å². The topological polar surface area (TPSA) is 143 Å². The van der Waals surface area contributed by atoms with Crippen LogP contribution >= 0.6 is 12.4 Å². The SMILES string of the molecule is C[C@@H]1CN(C(=O)Nc2ccn(-c3ccc(CN4CCC(N)CC4)cc3)c(=O)n2)CCN1C(=O)C(C)(C)N.Cl. The Kier molecular flexibility index (Phi) is 9.53. The molecule has 11 nitrogen and oxygen atoms in total. The molecule has 0 bridgehead atoms. The molecule has 3 amide bonds. The fourth-order valence-corrected chi connectivity index (χ4v) is 4.80. The maximum absolute atomic E-state index is 12.8. The zero-order chi connectivity index (χ0) is 26.7. The lowest BCUT2D eigenvalue weighted by atomic mass is 10.0. The van der Waals surface area contributed by atoms with E-state index in [9.17, 15) is 14.4 Å². The van der Waals surface area contributed by atoms with Crippen LogP contribution in [0.3, 0.4) is 0 Å². The third kappa shape index (κ3) is 7.10. The highest BCUT2D eigenvalue weighted by Crippen LogP contribution is 2.17. The number of nitrogens with two attached hydrogens (primary N) is 2. The number of carbonyl (C=O) groups excluding carboxylic acids is 2. The van der Waals surface area contributed by atoms with Gasteiger partial charge in [-0.1, -0.05) is 12.1 Å². The Hall–Kier alpha value is -2.99. The van der Waals surface area contributed by atoms with E-state index in [2.05, 4.69) is 15.2 Å². The number of hydrogen-bond acceptors (Lipinski definition) is 7. The molecule has 1 aromatic carbocycles. The number of piperazine rings is 1. The van der Waals surface area contributed by atoms with Gasteiger partial charge in [-0.25, -0.2) is 9.59 Å². The molecule has 1 atom stereocenters. The van der Waals surface area contributed by atoms with Crippen LogP contribution in [0, 0.1) is 0 Å². The second kappa shape index (κ2) is 12.2. The molecule has 0 unspecified atom stereocenters. The van der Waals surface area contributed by atoms with Gasteiger partial charge in [-0.15, -0.1) is 12.4 Å². The minimum atomic E-state index is -0.963. The number of carbonyl (C=O) groups is 2. The highest BCUT2D eigenvalue weighted by molar-refractivity contribution is 5.89. The average molecular weight is 547 g/mol. The van der Waals surface area contributed by atoms with Gasteiger partial charge in [-0.05, 0) is 70.5 Å². The van der Waals surface area contributed by atoms with Crippen LogP contribution < -0.4 is 22.5 Å². The van der Waals surface area contributed by atoms with Crippen molar-refractivity contribution in [2.75, 3.05) is 38.0 Å². The maximum atomic E-state index is 12.8. The predicted molar refractivity (Wildman–Crippen MR) is 150 cm³/mol. The van der Waals surface area contributed by atoms with Crippen LogP contribution in [0.4, 0.5) is 10.6 Å². The van der Waals surface area contributed by atoms with E-state index >= 15 is 0 Å². The third-order valence-electron chi connectivity index (χ3n) is 7.02. The number of rotatable bonds is 5. The van der Waals surface area contributed by atoms with E-state index in [1.807, 2.05) is 31.2 Å². The van der Waals surface area contributed by atoms with Crippen molar-refractivity contribution >= 4 is 30.2 Å². The van der Waals surface area contributed by atoms with E-state index in [0.717, 1.165) is 32.5 Å². The fraction of sp³-hybridized carbons (Fsp3) is 0.538. The molecule has 2 aliphatic rings. The molecule has 2 aromatic rings. The zero-order valence-corrected chi connectivity index (χ0v) is 23.1. The lowest BCUT2D eigenvalue weighted by Gasteiger charge is -2.42. The summed E-state index contributed by atoms with van der Waals surface area (Å²) < 4.78 is 1.44. The van der Waals surface area contributed by atoms with Gasteiger partial charge >= 0.3 is 11.7 Å². The predicted octanol–water partition coefficient (Wildman–Crippen LogP) is 1.38. The van der Waals surface area contributed by atoms with E-state index in [4.69, 9.17) is 11.5 Å². The van der Waals surface area contributed by atoms with Crippen molar-refractivity contribution in [1.82, 2.24) is 24.3 Å². The Morgan fingerprint density at radius 1 is 1.08 bits per heavy atom. The molecule has 0 radical (unpaired) electrons. The first-order valence-electron chi connectivity index (χ1n) is 12.8. The van der Waals surface area contributed by atoms with Gasteiger partial charge in [0.2, 0.25) is 5.91 Å². The van der Waals surface area contributed by atoms with Crippen LogP contribution in [-0.4, -0.2) is 86.5 Å². The molecule has 5 N–H and O–H groups in total. The number of likely N-dealkylation sites (tertiary alicyclic amines) is 1. The number of amides is 3. The summed E-state index contributed by atoms with van der Waals surface area (Å²) in [6.07, 6.45) is 3.64. The number of anilines is 1. The number of halogens is 1. The molecular weight excluding hydrogens is 508 g/mol. The number of nitrogens with zero attached hydrogens (tertiary/aromatic N) is 5. The standard InChI is InChI=1S/C26H38N8O3.ClH/c1-18-16-32(14-15-33(18)23(35)26(2,3)28)24(36)29-22-10-13-34(25(37)30-22)21-6-4-19(5-7-21)17-31-11-8-20(27)9-12-31;/h4-7,10,13,18,20H,8-9,11-12,14-17,27-28H2,1-3H3,(H,29,30,36,37);1H/t18-;/m1./s1. The highest BCUT2D eigenvalue weighted by atomic mass is 35.5. The number of urea groups is 1. The fourth-order valence-electron chi connectivity index (χ4n) is 4.80. The van der Waals surface area contributed by atoms with E-state index in [1.165, 1.54) is 10.1 Å². The Morgan fingerprint density at radius 3 is 2.32 bits per heavy atom. The number of piperidine rings is 1. The monoisotopic (exact) mass is 546 g/mol. The van der Waals surface area contributed by atoms with Gasteiger partial charge in [0, 0.05) is 44.5 Å². The van der Waals surface area contributed by atoms with Crippen LogP contribution in [0.5, 0.6) is 0 Å². The summed E-state index contributed by atoms with van der Waals surface area (Å²) in [6, 6.07) is 9.20. The summed E-state index contributed by atoms with van der Waals surface area (Å²) in [7, 11) is 0. The largest absolute Gasteiger partial charge is 0.354 e. The Balaban J connectivity index is 0.00000400. The van der Waals surface area contributed by atoms with Crippen molar-refractivity contribution in [3.05, 3.63) is 52.6 Å². The van der Waals surface area contributed by atoms with Gasteiger partial charge in [0.1, 0.15) is 5.82 Å². The molecule has 2 aliphatic heterocycles. The zero-order valence-electron chi connectivity index (χ0n) is 22.3. The summed E-state index contributed by atoms with van der Waals surface area (Å²) in [5.41, 5.74) is 12.4. The van der Waals surface area contributed by atoms with E-state index in [-0.39, 0.29) is 36.2 Å². The molecule has 2 saturated heterocycles. The number of benzene rings is 1. The van der Waals surface area contributed by atoms with Crippen molar-refractivity contribution in [1.29, 1.82) is 0 Å². The lowest BCUT2D eigenvalue weighted by Crippen LogP contribution is -2.61. The summed E-state index contributed by atoms with van der Waals surface area (Å²) in [4.78, 5) is 47.8. The van der Waals surface area contributed by atoms with Crippen molar-refractivity contribution in [2.24, 2.45) is 11.5 Å². The maximum Gasteiger partial charge on any atom is 0.354 e. The van der Waals surface area contributed by atoms with Crippen LogP contribution in [-0.2, 0) is 11.3 Å². The van der Waals surface area contributed by atoms with Gasteiger partial charge < -0.3 is 21.3 Å². The molecule has 0 spiro atoms. The lowest BCUT2D eigenvalue weighted by molar-refractivity contribution is -0.139. The number of aromatic nitrogens is 2. The van der Waals surface area contributed by atoms with Crippen molar-refractivity contribution < 1.29 is 9.59 Å². The minimum Gasteiger partial charge on any atom is -0.335 e. The van der Waals surface area contributed by atoms with Crippen LogP contribution in [0.25, 0.3) is 5.69 Å². The quantitative estimate of drug-likeness (QED) is 0.514. The molecule has 38 heavy (non-hydrogen) atoms. The minimum absolute atomic E-state index is 0. The summed E-state index contributed by atoms with van der Waals surface area (Å²) >= 11 is 0. The molecule has 2 fully saturated rings. The highest BCUT2D eigenvalue weighted by Gasteiger charge is 2.35. The van der Waals surface area contributed by atoms with Crippen LogP contribution in [0.2, 0.25) is 0 Å². The van der Waals surface area contributed by atoms with E-state index in [0.29, 0.717) is 31.4 Å². The first-order chi connectivity index (χ1) is 17.5. The first kappa shape index (κ1) is 29.6. The van der Waals surface area contributed by atoms with Crippen molar-refractivity contribution in [3.63, 3.8) is 0 Å². The van der Waals surface area contributed by atoms with Crippen LogP contribution in [0.1, 0.15) is 39.2 Å². The molecule has 0 saturated carbocycles. The molecule has 12 heteroatoms. The van der Waals surface area contributed by atoms with Gasteiger partial charge in [-0.2, -0.15) is 4.98 Å². The van der Waals surface area contributed by atoms with Gasteiger partial charge in [0.05, 0.1) is 11.2 Å². The average Bonchev–Trinajstić information content (AvgIpc) is 2.85. The summed E-state index contributed by atoms with van der Waals surface area (Å²) in [5, 5.41) is 2.70. The molecule has 3 heterocycles. The summed E-state index contributed by atoms with van der Waals surface area (Å²) in [5.74, 6) is 0.0371. The Morgan fingerprint density at radius 2 is 1.74 bits per heavy atom. The van der Waals surface area contributed by atoms with Crippen molar-refractivity contribution in [2.45, 2.75) is 57.8 Å². The smallest absolute Gasteiger partial charge is 0.335 e. The second-order valence-electron chi connectivity index (χ2n) is 10.7. The first-order valence-corrected chi connectivity index (χ1v) is 12.8. The van der Waals surface area contributed by atoms with Crippen LogP contribution in [0.15, 0.2) is 41.3 Å².